The van der Waals surface area contributed by atoms with Gasteiger partial charge in [-0.05, 0) is 36.5 Å². The molecule has 0 aromatic carbocycles. The minimum atomic E-state index is 0.0297. The number of allylic oxidation sites excluding steroid dienone is 7. The molecule has 3 aliphatic rings. The van der Waals surface area contributed by atoms with E-state index in [-0.39, 0.29) is 5.91 Å². The number of carbonyl (C=O) groups excluding carboxylic acids is 1. The first-order chi connectivity index (χ1) is 10.2. The van der Waals surface area contributed by atoms with E-state index < -0.39 is 0 Å². The molecule has 1 atom stereocenters. The summed E-state index contributed by atoms with van der Waals surface area (Å²) in [6.07, 6.45) is 14.0. The van der Waals surface area contributed by atoms with Crippen LogP contribution in [0.3, 0.4) is 0 Å². The summed E-state index contributed by atoms with van der Waals surface area (Å²) in [7, 11) is 1.74. The van der Waals surface area contributed by atoms with Gasteiger partial charge in [-0.2, -0.15) is 0 Å². The quantitative estimate of drug-likeness (QED) is 0.864. The summed E-state index contributed by atoms with van der Waals surface area (Å²) in [5.74, 6) is 1.30. The molecule has 0 bridgehead atoms. The van der Waals surface area contributed by atoms with Crippen molar-refractivity contribution in [2.45, 2.75) is 26.2 Å². The molecule has 0 saturated carbocycles. The molecule has 0 aromatic heterocycles. The summed E-state index contributed by atoms with van der Waals surface area (Å²) in [5.41, 5.74) is 5.37. The van der Waals surface area contributed by atoms with E-state index in [4.69, 9.17) is 4.74 Å². The average Bonchev–Trinajstić information content (AvgIpc) is 2.67. The number of ether oxygens (including phenoxy) is 1. The Morgan fingerprint density at radius 3 is 3.00 bits per heavy atom. The fourth-order valence-electron chi connectivity index (χ4n) is 3.41. The molecule has 3 heteroatoms. The Bertz CT molecular complexity index is 617. The molecule has 0 fully saturated rings. The van der Waals surface area contributed by atoms with Crippen molar-refractivity contribution in [2.24, 2.45) is 5.92 Å². The fourth-order valence-corrected chi connectivity index (χ4v) is 3.41. The molecule has 0 spiro atoms. The highest BCUT2D eigenvalue weighted by Gasteiger charge is 2.29. The van der Waals surface area contributed by atoms with Gasteiger partial charge in [0.2, 0.25) is 5.91 Å². The summed E-state index contributed by atoms with van der Waals surface area (Å²) >= 11 is 0. The molecule has 0 aliphatic heterocycles. The van der Waals surface area contributed by atoms with Gasteiger partial charge in [-0.1, -0.05) is 29.9 Å². The zero-order chi connectivity index (χ0) is 14.8. The molecular weight excluding hydrogens is 262 g/mol. The zero-order valence-electron chi connectivity index (χ0n) is 12.6. The lowest BCUT2D eigenvalue weighted by Crippen LogP contribution is -2.29. The maximum absolute atomic E-state index is 11.2. The Labute approximate surface area is 125 Å². The summed E-state index contributed by atoms with van der Waals surface area (Å²) in [4.78, 5) is 11.2. The Kier molecular flexibility index (Phi) is 3.82. The molecule has 110 valence electrons. The molecule has 1 amide bonds. The Hall–Kier alpha value is -2.03. The number of nitrogens with one attached hydrogen (secondary N) is 1. The maximum Gasteiger partial charge on any atom is 0.216 e. The number of carbonyl (C=O) groups is 1. The van der Waals surface area contributed by atoms with Gasteiger partial charge >= 0.3 is 0 Å². The molecule has 0 radical (unpaired) electrons. The van der Waals surface area contributed by atoms with Gasteiger partial charge in [-0.15, -0.1) is 0 Å². The lowest BCUT2D eigenvalue weighted by Gasteiger charge is -2.32. The van der Waals surface area contributed by atoms with Crippen molar-refractivity contribution in [3.8, 4) is 0 Å². The maximum atomic E-state index is 11.2. The number of hydrogen-bond acceptors (Lipinski definition) is 2. The van der Waals surface area contributed by atoms with Crippen molar-refractivity contribution in [2.75, 3.05) is 13.7 Å². The van der Waals surface area contributed by atoms with Crippen LogP contribution in [0.1, 0.15) is 26.2 Å². The van der Waals surface area contributed by atoms with E-state index in [0.29, 0.717) is 12.5 Å². The Balaban J connectivity index is 2.03. The van der Waals surface area contributed by atoms with Gasteiger partial charge in [0.25, 0.3) is 0 Å². The zero-order valence-corrected chi connectivity index (χ0v) is 12.6. The van der Waals surface area contributed by atoms with Crippen LogP contribution in [0.4, 0.5) is 0 Å². The lowest BCUT2D eigenvalue weighted by molar-refractivity contribution is -0.119. The van der Waals surface area contributed by atoms with Gasteiger partial charge in [0.05, 0.1) is 7.11 Å². The highest BCUT2D eigenvalue weighted by Crippen LogP contribution is 2.43. The third-order valence-electron chi connectivity index (χ3n) is 4.35. The number of rotatable bonds is 3. The third-order valence-corrected chi connectivity index (χ3v) is 4.35. The Morgan fingerprint density at radius 2 is 2.24 bits per heavy atom. The van der Waals surface area contributed by atoms with Crippen LogP contribution in [0.25, 0.3) is 0 Å². The third kappa shape index (κ3) is 2.60. The van der Waals surface area contributed by atoms with E-state index in [9.17, 15) is 4.79 Å². The topological polar surface area (TPSA) is 38.3 Å². The van der Waals surface area contributed by atoms with Crippen molar-refractivity contribution in [1.82, 2.24) is 5.32 Å². The van der Waals surface area contributed by atoms with Crippen LogP contribution in [-0.4, -0.2) is 19.6 Å². The van der Waals surface area contributed by atoms with Crippen molar-refractivity contribution in [3.05, 3.63) is 58.4 Å². The molecule has 3 nitrogen and oxygen atoms in total. The molecule has 0 aromatic rings. The largest absolute Gasteiger partial charge is 0.496 e. The number of amides is 1. The summed E-state index contributed by atoms with van der Waals surface area (Å²) in [6.45, 7) is 2.25. The Morgan fingerprint density at radius 1 is 1.38 bits per heavy atom. The molecule has 3 aliphatic carbocycles. The predicted molar refractivity (Wildman–Crippen MR) is 83.4 cm³/mol. The molecule has 0 heterocycles. The highest BCUT2D eigenvalue weighted by atomic mass is 16.5. The van der Waals surface area contributed by atoms with Gasteiger partial charge in [0, 0.05) is 25.0 Å². The van der Waals surface area contributed by atoms with Crippen LogP contribution >= 0.6 is 0 Å². The molecule has 1 N–H and O–H groups in total. The van der Waals surface area contributed by atoms with Gasteiger partial charge in [0.15, 0.2) is 0 Å². The van der Waals surface area contributed by atoms with Crippen LogP contribution in [0.5, 0.6) is 0 Å². The van der Waals surface area contributed by atoms with E-state index in [1.165, 1.54) is 22.3 Å². The van der Waals surface area contributed by atoms with E-state index in [1.54, 1.807) is 14.0 Å². The first-order valence-electron chi connectivity index (χ1n) is 7.52. The fraction of sp³-hybridized carbons (Fsp3) is 0.389. The average molecular weight is 283 g/mol. The van der Waals surface area contributed by atoms with Crippen molar-refractivity contribution in [3.63, 3.8) is 0 Å². The first-order valence-corrected chi connectivity index (χ1v) is 7.52. The SMILES string of the molecule is COC1=C2CCCC3=C2C(=CC=C1)C=CC3CNC(C)=O. The summed E-state index contributed by atoms with van der Waals surface area (Å²) in [6, 6.07) is 0. The van der Waals surface area contributed by atoms with Gasteiger partial charge < -0.3 is 10.1 Å². The van der Waals surface area contributed by atoms with Gasteiger partial charge in [-0.25, -0.2) is 0 Å². The van der Waals surface area contributed by atoms with Gasteiger partial charge in [-0.3, -0.25) is 4.79 Å². The molecule has 3 rings (SSSR count). The van der Waals surface area contributed by atoms with Crippen LogP contribution in [0.15, 0.2) is 58.4 Å². The molecule has 0 saturated heterocycles. The standard InChI is InChI=1S/C18H21NO2/c1-12(20)19-11-14-10-9-13-5-3-8-17(21-2)16-7-4-6-15(14)18(13)16/h3,5,8-10,14H,4,6-7,11H2,1-2H3,(H,19,20). The van der Waals surface area contributed by atoms with E-state index in [1.807, 2.05) is 6.08 Å². The first kappa shape index (κ1) is 13.9. The van der Waals surface area contributed by atoms with Crippen LogP contribution in [0, 0.1) is 5.92 Å². The summed E-state index contributed by atoms with van der Waals surface area (Å²) < 4.78 is 5.57. The second-order valence-electron chi connectivity index (χ2n) is 5.68. The van der Waals surface area contributed by atoms with Crippen molar-refractivity contribution < 1.29 is 9.53 Å². The molecule has 21 heavy (non-hydrogen) atoms. The number of methoxy groups -OCH3 is 1. The van der Waals surface area contributed by atoms with E-state index in [0.717, 1.165) is 25.0 Å². The van der Waals surface area contributed by atoms with Crippen LogP contribution < -0.4 is 5.32 Å². The highest BCUT2D eigenvalue weighted by molar-refractivity contribution is 5.73. The normalized spacial score (nSPS) is 23.5. The smallest absolute Gasteiger partial charge is 0.216 e. The van der Waals surface area contributed by atoms with Crippen LogP contribution in [0.2, 0.25) is 0 Å². The second kappa shape index (κ2) is 5.76. The van der Waals surface area contributed by atoms with Crippen molar-refractivity contribution >= 4 is 5.91 Å². The molecule has 1 unspecified atom stereocenters. The lowest BCUT2D eigenvalue weighted by atomic mass is 9.74. The molecular formula is C18H21NO2. The monoisotopic (exact) mass is 283 g/mol. The predicted octanol–water partition coefficient (Wildman–Crippen LogP) is 3.19. The van der Waals surface area contributed by atoms with Crippen LogP contribution in [-0.2, 0) is 9.53 Å². The van der Waals surface area contributed by atoms with Gasteiger partial charge in [0.1, 0.15) is 5.76 Å². The van der Waals surface area contributed by atoms with E-state index in [2.05, 4.69) is 29.6 Å². The minimum absolute atomic E-state index is 0.0297. The van der Waals surface area contributed by atoms with Crippen molar-refractivity contribution in [1.29, 1.82) is 0 Å². The minimum Gasteiger partial charge on any atom is -0.496 e. The number of hydrogen-bond donors (Lipinski definition) is 1. The van der Waals surface area contributed by atoms with E-state index >= 15 is 0 Å². The second-order valence-corrected chi connectivity index (χ2v) is 5.68. The summed E-state index contributed by atoms with van der Waals surface area (Å²) in [5, 5.41) is 2.95.